The van der Waals surface area contributed by atoms with Crippen LogP contribution in [0.3, 0.4) is 0 Å². The van der Waals surface area contributed by atoms with Crippen LogP contribution in [0.2, 0.25) is 0 Å². The predicted octanol–water partition coefficient (Wildman–Crippen LogP) is 1.80. The lowest BCUT2D eigenvalue weighted by Crippen LogP contribution is -2.40. The van der Waals surface area contributed by atoms with Crippen LogP contribution in [0.5, 0.6) is 0 Å². The second kappa shape index (κ2) is 2.23. The number of aliphatic hydroxyl groups is 1. The second-order valence-electron chi connectivity index (χ2n) is 4.12. The highest BCUT2D eigenvalue weighted by atomic mass is 16.3. The van der Waals surface area contributed by atoms with Crippen molar-refractivity contribution < 1.29 is 5.11 Å². The average molecular weight is 140 g/mol. The molecule has 0 aliphatic heterocycles. The van der Waals surface area contributed by atoms with E-state index < -0.39 is 0 Å². The molecule has 4 atom stereocenters. The molecule has 3 fully saturated rings. The number of rotatable bonds is 0. The van der Waals surface area contributed by atoms with E-state index in [0.29, 0.717) is 5.92 Å². The van der Waals surface area contributed by atoms with E-state index in [9.17, 15) is 5.11 Å². The maximum atomic E-state index is 9.57. The Hall–Kier alpha value is -0.0400. The molecule has 3 rings (SSSR count). The van der Waals surface area contributed by atoms with Gasteiger partial charge in [-0.2, -0.15) is 0 Å². The zero-order valence-corrected chi connectivity index (χ0v) is 6.59. The molecule has 0 spiro atoms. The summed E-state index contributed by atoms with van der Waals surface area (Å²) in [5, 5.41) is 9.57. The van der Waals surface area contributed by atoms with E-state index in [4.69, 9.17) is 0 Å². The molecule has 0 aromatic rings. The van der Waals surface area contributed by atoms with Crippen LogP contribution >= 0.6 is 0 Å². The van der Waals surface area contributed by atoms with Gasteiger partial charge in [-0.25, -0.2) is 0 Å². The SMILES string of the molecule is C[C@H]1CC2CCC1[C@@H](O)C2. The molecule has 3 aliphatic rings. The van der Waals surface area contributed by atoms with Crippen molar-refractivity contribution in [1.29, 1.82) is 0 Å². The largest absolute Gasteiger partial charge is 0.393 e. The lowest BCUT2D eigenvalue weighted by Gasteiger charge is -2.44. The van der Waals surface area contributed by atoms with Gasteiger partial charge in [-0.15, -0.1) is 0 Å². The molecule has 0 radical (unpaired) electrons. The average Bonchev–Trinajstić information content (AvgIpc) is 1.86. The van der Waals surface area contributed by atoms with Crippen LogP contribution in [0, 0.1) is 17.8 Å². The van der Waals surface area contributed by atoms with Crippen LogP contribution in [0.15, 0.2) is 0 Å². The van der Waals surface area contributed by atoms with E-state index in [1.54, 1.807) is 0 Å². The summed E-state index contributed by atoms with van der Waals surface area (Å²) in [4.78, 5) is 0. The summed E-state index contributed by atoms with van der Waals surface area (Å²) >= 11 is 0. The quantitative estimate of drug-likeness (QED) is 0.544. The molecule has 1 heteroatoms. The van der Waals surface area contributed by atoms with Crippen LogP contribution in [0.1, 0.15) is 32.6 Å². The molecule has 1 N–H and O–H groups in total. The summed E-state index contributed by atoms with van der Waals surface area (Å²) in [6, 6.07) is 0. The highest BCUT2D eigenvalue weighted by molar-refractivity contribution is 4.89. The van der Waals surface area contributed by atoms with Crippen LogP contribution in [0.4, 0.5) is 0 Å². The lowest BCUT2D eigenvalue weighted by atomic mass is 9.64. The van der Waals surface area contributed by atoms with Gasteiger partial charge in [0.25, 0.3) is 0 Å². The van der Waals surface area contributed by atoms with Crippen LogP contribution in [0.25, 0.3) is 0 Å². The fourth-order valence-electron chi connectivity index (χ4n) is 2.83. The van der Waals surface area contributed by atoms with Crippen molar-refractivity contribution >= 4 is 0 Å². The van der Waals surface area contributed by atoms with Crippen LogP contribution < -0.4 is 0 Å². The molecular weight excluding hydrogens is 124 g/mol. The topological polar surface area (TPSA) is 20.2 Å². The molecule has 10 heavy (non-hydrogen) atoms. The van der Waals surface area contributed by atoms with Gasteiger partial charge in [0, 0.05) is 0 Å². The van der Waals surface area contributed by atoms with Gasteiger partial charge in [-0.3, -0.25) is 0 Å². The Morgan fingerprint density at radius 3 is 2.40 bits per heavy atom. The van der Waals surface area contributed by atoms with Gasteiger partial charge in [-0.1, -0.05) is 6.92 Å². The zero-order chi connectivity index (χ0) is 7.14. The molecule has 58 valence electrons. The molecule has 0 amide bonds. The Kier molecular flexibility index (Phi) is 1.48. The number of aliphatic hydroxyl groups excluding tert-OH is 1. The Morgan fingerprint density at radius 2 is 2.00 bits per heavy atom. The van der Waals surface area contributed by atoms with Gasteiger partial charge < -0.3 is 5.11 Å². The van der Waals surface area contributed by atoms with Crippen LogP contribution in [-0.2, 0) is 0 Å². The summed E-state index contributed by atoms with van der Waals surface area (Å²) in [5.41, 5.74) is 0. The highest BCUT2D eigenvalue weighted by Crippen LogP contribution is 2.44. The Bertz CT molecular complexity index is 121. The molecule has 0 aromatic heterocycles. The summed E-state index contributed by atoms with van der Waals surface area (Å²) in [5.74, 6) is 2.29. The Morgan fingerprint density at radius 1 is 1.20 bits per heavy atom. The first-order chi connectivity index (χ1) is 4.77. The molecule has 0 aromatic carbocycles. The summed E-state index contributed by atoms with van der Waals surface area (Å²) in [6.07, 6.45) is 5.18. The second-order valence-corrected chi connectivity index (χ2v) is 4.12. The molecule has 3 aliphatic carbocycles. The molecule has 3 saturated carbocycles. The first kappa shape index (κ1) is 6.66. The molecule has 1 nitrogen and oxygen atoms in total. The Labute approximate surface area is 62.4 Å². The minimum atomic E-state index is 0.0440. The maximum absolute atomic E-state index is 9.57. The monoisotopic (exact) mass is 140 g/mol. The fourth-order valence-corrected chi connectivity index (χ4v) is 2.83. The van der Waals surface area contributed by atoms with E-state index >= 15 is 0 Å². The molecule has 2 bridgehead atoms. The van der Waals surface area contributed by atoms with Crippen molar-refractivity contribution in [2.45, 2.75) is 38.7 Å². The Balaban J connectivity index is 2.11. The van der Waals surface area contributed by atoms with Gasteiger partial charge in [0.05, 0.1) is 6.10 Å². The van der Waals surface area contributed by atoms with Crippen molar-refractivity contribution in [3.63, 3.8) is 0 Å². The minimum Gasteiger partial charge on any atom is -0.393 e. The summed E-state index contributed by atoms with van der Waals surface area (Å²) in [7, 11) is 0. The molecular formula is C9H16O. The summed E-state index contributed by atoms with van der Waals surface area (Å²) < 4.78 is 0. The van der Waals surface area contributed by atoms with Crippen molar-refractivity contribution in [1.82, 2.24) is 0 Å². The van der Waals surface area contributed by atoms with E-state index in [0.717, 1.165) is 18.3 Å². The van der Waals surface area contributed by atoms with E-state index in [-0.39, 0.29) is 6.10 Å². The van der Waals surface area contributed by atoms with Crippen molar-refractivity contribution in [2.75, 3.05) is 0 Å². The first-order valence-corrected chi connectivity index (χ1v) is 4.45. The predicted molar refractivity (Wildman–Crippen MR) is 40.6 cm³/mol. The van der Waals surface area contributed by atoms with Crippen molar-refractivity contribution in [3.8, 4) is 0 Å². The first-order valence-electron chi connectivity index (χ1n) is 4.45. The maximum Gasteiger partial charge on any atom is 0.0573 e. The van der Waals surface area contributed by atoms with Gasteiger partial charge >= 0.3 is 0 Å². The van der Waals surface area contributed by atoms with Gasteiger partial charge in [-0.05, 0) is 43.4 Å². The third-order valence-electron chi connectivity index (χ3n) is 3.41. The van der Waals surface area contributed by atoms with E-state index in [1.807, 2.05) is 0 Å². The number of hydrogen-bond acceptors (Lipinski definition) is 1. The molecule has 0 heterocycles. The van der Waals surface area contributed by atoms with E-state index in [1.165, 1.54) is 19.3 Å². The van der Waals surface area contributed by atoms with Crippen molar-refractivity contribution in [3.05, 3.63) is 0 Å². The molecule has 2 unspecified atom stereocenters. The highest BCUT2D eigenvalue weighted by Gasteiger charge is 2.38. The third-order valence-corrected chi connectivity index (χ3v) is 3.41. The lowest BCUT2D eigenvalue weighted by molar-refractivity contribution is -0.0306. The third kappa shape index (κ3) is 0.878. The molecule has 0 saturated heterocycles. The smallest absolute Gasteiger partial charge is 0.0573 e. The standard InChI is InChI=1S/C9H16O/c1-6-4-7-2-3-8(6)9(10)5-7/h6-10H,2-5H2,1H3/t6-,7?,8?,9-/m0/s1. The van der Waals surface area contributed by atoms with Gasteiger partial charge in [0.15, 0.2) is 0 Å². The van der Waals surface area contributed by atoms with Crippen molar-refractivity contribution in [2.24, 2.45) is 17.8 Å². The summed E-state index contributed by atoms with van der Waals surface area (Å²) in [6.45, 7) is 2.29. The van der Waals surface area contributed by atoms with Crippen LogP contribution in [-0.4, -0.2) is 11.2 Å². The van der Waals surface area contributed by atoms with Gasteiger partial charge in [0.1, 0.15) is 0 Å². The fraction of sp³-hybridized carbons (Fsp3) is 1.00. The zero-order valence-electron chi connectivity index (χ0n) is 6.59. The number of fused-ring (bicyclic) bond motifs is 3. The van der Waals surface area contributed by atoms with E-state index in [2.05, 4.69) is 6.92 Å². The number of hydrogen-bond donors (Lipinski definition) is 1. The normalized spacial score (nSPS) is 53.4. The minimum absolute atomic E-state index is 0.0440. The van der Waals surface area contributed by atoms with Gasteiger partial charge in [0.2, 0.25) is 0 Å².